The molecule has 2 rings (SSSR count). The van der Waals surface area contributed by atoms with Gasteiger partial charge in [-0.3, -0.25) is 4.90 Å². The predicted molar refractivity (Wildman–Crippen MR) is 64.4 cm³/mol. The van der Waals surface area contributed by atoms with E-state index in [4.69, 9.17) is 22.1 Å². The molecule has 1 aliphatic rings. The lowest BCUT2D eigenvalue weighted by atomic mass is 10.2. The molecule has 5 heteroatoms. The van der Waals surface area contributed by atoms with Crippen molar-refractivity contribution in [2.45, 2.75) is 19.5 Å². The van der Waals surface area contributed by atoms with Gasteiger partial charge < -0.3 is 10.5 Å². The van der Waals surface area contributed by atoms with E-state index >= 15 is 0 Å². The Morgan fingerprint density at radius 1 is 1.62 bits per heavy atom. The monoisotopic (exact) mass is 241 g/mol. The normalized spacial score (nSPS) is 22.2. The van der Waals surface area contributed by atoms with Crippen LogP contribution in [0.4, 0.5) is 5.82 Å². The molecule has 88 valence electrons. The van der Waals surface area contributed by atoms with Crippen LogP contribution in [-0.2, 0) is 11.3 Å². The Bertz CT molecular complexity index is 372. The van der Waals surface area contributed by atoms with E-state index in [1.54, 1.807) is 12.1 Å². The lowest BCUT2D eigenvalue weighted by Gasteiger charge is -2.33. The van der Waals surface area contributed by atoms with Gasteiger partial charge in [0.05, 0.1) is 23.9 Å². The van der Waals surface area contributed by atoms with Gasteiger partial charge >= 0.3 is 0 Å². The molecule has 1 aromatic heterocycles. The molecule has 2 heterocycles. The van der Waals surface area contributed by atoms with Crippen LogP contribution in [0.1, 0.15) is 12.6 Å². The van der Waals surface area contributed by atoms with Crippen LogP contribution in [0.15, 0.2) is 12.1 Å². The van der Waals surface area contributed by atoms with Crippen LogP contribution in [0.25, 0.3) is 0 Å². The molecule has 1 aliphatic heterocycles. The van der Waals surface area contributed by atoms with Gasteiger partial charge in [0.15, 0.2) is 0 Å². The highest BCUT2D eigenvalue weighted by molar-refractivity contribution is 6.31. The van der Waals surface area contributed by atoms with Gasteiger partial charge in [0, 0.05) is 19.1 Å². The van der Waals surface area contributed by atoms with Gasteiger partial charge in [-0.15, -0.1) is 0 Å². The number of nitrogens with two attached hydrogens (primary N) is 1. The lowest BCUT2D eigenvalue weighted by Crippen LogP contribution is -2.43. The molecule has 0 amide bonds. The minimum atomic E-state index is 0.396. The summed E-state index contributed by atoms with van der Waals surface area (Å²) in [6.07, 6.45) is 0. The number of rotatable bonds is 2. The van der Waals surface area contributed by atoms with Gasteiger partial charge in [0.25, 0.3) is 0 Å². The van der Waals surface area contributed by atoms with Crippen molar-refractivity contribution < 1.29 is 4.74 Å². The van der Waals surface area contributed by atoms with Crippen molar-refractivity contribution >= 4 is 17.4 Å². The van der Waals surface area contributed by atoms with E-state index in [1.165, 1.54) is 0 Å². The molecule has 1 fully saturated rings. The number of ether oxygens (including phenoxy) is 1. The molecule has 1 aromatic rings. The van der Waals surface area contributed by atoms with Crippen molar-refractivity contribution in [3.8, 4) is 0 Å². The molecule has 1 unspecified atom stereocenters. The summed E-state index contributed by atoms with van der Waals surface area (Å²) in [5.41, 5.74) is 6.50. The molecule has 4 nitrogen and oxygen atoms in total. The first-order valence-corrected chi connectivity index (χ1v) is 5.77. The minimum Gasteiger partial charge on any atom is -0.384 e. The molecule has 0 aliphatic carbocycles. The van der Waals surface area contributed by atoms with Crippen LogP contribution in [0.3, 0.4) is 0 Å². The zero-order chi connectivity index (χ0) is 11.5. The molecule has 0 bridgehead atoms. The van der Waals surface area contributed by atoms with Gasteiger partial charge in [-0.05, 0) is 19.1 Å². The third kappa shape index (κ3) is 2.64. The van der Waals surface area contributed by atoms with Crippen molar-refractivity contribution in [2.24, 2.45) is 0 Å². The molecule has 0 spiro atoms. The Balaban J connectivity index is 2.10. The molecular weight excluding hydrogens is 226 g/mol. The highest BCUT2D eigenvalue weighted by Crippen LogP contribution is 2.19. The lowest BCUT2D eigenvalue weighted by molar-refractivity contribution is -0.00487. The standard InChI is InChI=1S/C11H16ClN3O/c1-8-7-16-5-4-15(8)6-10-9(12)2-3-11(13)14-10/h2-3,8H,4-7H2,1H3,(H2,13,14). The summed E-state index contributed by atoms with van der Waals surface area (Å²) in [6.45, 7) is 5.31. The van der Waals surface area contributed by atoms with Gasteiger partial charge in [0.2, 0.25) is 0 Å². The number of hydrogen-bond acceptors (Lipinski definition) is 4. The zero-order valence-corrected chi connectivity index (χ0v) is 10.1. The average molecular weight is 242 g/mol. The SMILES string of the molecule is CC1COCCN1Cc1nc(N)ccc1Cl. The van der Waals surface area contributed by atoms with Crippen LogP contribution in [0.5, 0.6) is 0 Å². The largest absolute Gasteiger partial charge is 0.384 e. The Kier molecular flexibility index (Phi) is 3.63. The smallest absolute Gasteiger partial charge is 0.123 e. The van der Waals surface area contributed by atoms with Gasteiger partial charge in [-0.2, -0.15) is 0 Å². The van der Waals surface area contributed by atoms with Crippen molar-refractivity contribution in [1.29, 1.82) is 0 Å². The summed E-state index contributed by atoms with van der Waals surface area (Å²) in [7, 11) is 0. The number of pyridine rings is 1. The first-order chi connectivity index (χ1) is 7.66. The second kappa shape index (κ2) is 4.99. The number of halogens is 1. The van der Waals surface area contributed by atoms with E-state index < -0.39 is 0 Å². The number of nitrogen functional groups attached to an aromatic ring is 1. The summed E-state index contributed by atoms with van der Waals surface area (Å²) in [4.78, 5) is 6.57. The van der Waals surface area contributed by atoms with Crippen LogP contribution >= 0.6 is 11.6 Å². The molecule has 16 heavy (non-hydrogen) atoms. The quantitative estimate of drug-likeness (QED) is 0.854. The Morgan fingerprint density at radius 3 is 3.19 bits per heavy atom. The fourth-order valence-electron chi connectivity index (χ4n) is 1.80. The first-order valence-electron chi connectivity index (χ1n) is 5.39. The summed E-state index contributed by atoms with van der Waals surface area (Å²) in [5.74, 6) is 0.514. The number of anilines is 1. The van der Waals surface area contributed by atoms with Gasteiger partial charge in [0.1, 0.15) is 5.82 Å². The zero-order valence-electron chi connectivity index (χ0n) is 9.32. The van der Waals surface area contributed by atoms with Crippen LogP contribution < -0.4 is 5.73 Å². The first kappa shape index (κ1) is 11.6. The van der Waals surface area contributed by atoms with Crippen molar-refractivity contribution in [2.75, 3.05) is 25.5 Å². The number of morpholine rings is 1. The highest BCUT2D eigenvalue weighted by Gasteiger charge is 2.20. The average Bonchev–Trinajstić information content (AvgIpc) is 2.27. The van der Waals surface area contributed by atoms with E-state index in [0.717, 1.165) is 32.0 Å². The van der Waals surface area contributed by atoms with Crippen LogP contribution in [0, 0.1) is 0 Å². The summed E-state index contributed by atoms with van der Waals surface area (Å²) in [5, 5.41) is 0.674. The Morgan fingerprint density at radius 2 is 2.44 bits per heavy atom. The van der Waals surface area contributed by atoms with Crippen LogP contribution in [-0.4, -0.2) is 35.7 Å². The summed E-state index contributed by atoms with van der Waals surface area (Å²) >= 11 is 6.09. The molecule has 1 atom stereocenters. The molecule has 1 saturated heterocycles. The van der Waals surface area contributed by atoms with Crippen molar-refractivity contribution in [1.82, 2.24) is 9.88 Å². The van der Waals surface area contributed by atoms with Gasteiger partial charge in [-0.1, -0.05) is 11.6 Å². The van der Waals surface area contributed by atoms with E-state index in [0.29, 0.717) is 16.9 Å². The Hall–Kier alpha value is -0.840. The predicted octanol–water partition coefficient (Wildman–Crippen LogP) is 1.54. The maximum Gasteiger partial charge on any atom is 0.123 e. The molecule has 0 aromatic carbocycles. The minimum absolute atomic E-state index is 0.396. The van der Waals surface area contributed by atoms with Crippen LogP contribution in [0.2, 0.25) is 5.02 Å². The highest BCUT2D eigenvalue weighted by atomic mass is 35.5. The van der Waals surface area contributed by atoms with E-state index in [1.807, 2.05) is 0 Å². The number of hydrogen-bond donors (Lipinski definition) is 1. The Labute approximate surface area is 100 Å². The third-order valence-corrected chi connectivity index (χ3v) is 3.14. The molecule has 0 saturated carbocycles. The fraction of sp³-hybridized carbons (Fsp3) is 0.545. The number of nitrogens with zero attached hydrogens (tertiary/aromatic N) is 2. The third-order valence-electron chi connectivity index (χ3n) is 2.80. The van der Waals surface area contributed by atoms with Crippen molar-refractivity contribution in [3.05, 3.63) is 22.8 Å². The summed E-state index contributed by atoms with van der Waals surface area (Å²) in [6, 6.07) is 3.91. The molecular formula is C11H16ClN3O. The topological polar surface area (TPSA) is 51.4 Å². The number of aromatic nitrogens is 1. The second-order valence-electron chi connectivity index (χ2n) is 4.06. The molecule has 2 N–H and O–H groups in total. The van der Waals surface area contributed by atoms with E-state index in [9.17, 15) is 0 Å². The molecule has 0 radical (unpaired) electrons. The fourth-order valence-corrected chi connectivity index (χ4v) is 1.97. The summed E-state index contributed by atoms with van der Waals surface area (Å²) < 4.78 is 5.38. The maximum absolute atomic E-state index is 6.09. The van der Waals surface area contributed by atoms with E-state index in [-0.39, 0.29) is 0 Å². The van der Waals surface area contributed by atoms with Gasteiger partial charge in [-0.25, -0.2) is 4.98 Å². The van der Waals surface area contributed by atoms with E-state index in [2.05, 4.69) is 16.8 Å². The van der Waals surface area contributed by atoms with Crippen molar-refractivity contribution in [3.63, 3.8) is 0 Å². The second-order valence-corrected chi connectivity index (χ2v) is 4.47. The maximum atomic E-state index is 6.09.